The van der Waals surface area contributed by atoms with Crippen LogP contribution in [0.1, 0.15) is 15.9 Å². The maximum absolute atomic E-state index is 12.5. The first-order valence-corrected chi connectivity index (χ1v) is 8.24. The Morgan fingerprint density at radius 3 is 2.35 bits per heavy atom. The van der Waals surface area contributed by atoms with Gasteiger partial charge < -0.3 is 15.1 Å². The van der Waals surface area contributed by atoms with Crippen LogP contribution in [0.4, 0.5) is 4.79 Å². The molecule has 2 saturated heterocycles. The summed E-state index contributed by atoms with van der Waals surface area (Å²) in [6.07, 6.45) is 0. The number of amides is 3. The Hall–Kier alpha value is -2.08. The van der Waals surface area contributed by atoms with E-state index in [0.29, 0.717) is 0 Å². The van der Waals surface area contributed by atoms with Crippen molar-refractivity contribution in [1.29, 1.82) is 0 Å². The summed E-state index contributed by atoms with van der Waals surface area (Å²) in [6, 6.07) is 7.79. The number of hydrogen-bond donors (Lipinski definition) is 1. The number of aryl methyl sites for hydroxylation is 1. The zero-order valence-electron chi connectivity index (χ0n) is 13.6. The molecule has 0 bridgehead atoms. The highest BCUT2D eigenvalue weighted by Gasteiger charge is 2.24. The Bertz CT molecular complexity index is 564. The Kier molecular flexibility index (Phi) is 4.81. The molecule has 0 saturated carbocycles. The minimum atomic E-state index is 0.0400. The van der Waals surface area contributed by atoms with Crippen LogP contribution in [0.5, 0.6) is 0 Å². The molecule has 0 radical (unpaired) electrons. The van der Waals surface area contributed by atoms with Crippen LogP contribution >= 0.6 is 0 Å². The van der Waals surface area contributed by atoms with E-state index in [9.17, 15) is 9.59 Å². The summed E-state index contributed by atoms with van der Waals surface area (Å²) in [5.41, 5.74) is 1.93. The average Bonchev–Trinajstić information content (AvgIpc) is 2.99. The molecule has 0 unspecified atom stereocenters. The topological polar surface area (TPSA) is 55.9 Å². The van der Waals surface area contributed by atoms with Gasteiger partial charge >= 0.3 is 6.03 Å². The largest absolute Gasteiger partial charge is 0.336 e. The molecule has 6 heteroatoms. The molecule has 1 N–H and O–H groups in total. The minimum absolute atomic E-state index is 0.0400. The van der Waals surface area contributed by atoms with Gasteiger partial charge in [-0.15, -0.1) is 0 Å². The Labute approximate surface area is 137 Å². The van der Waals surface area contributed by atoms with Crippen molar-refractivity contribution in [3.8, 4) is 0 Å². The SMILES string of the molecule is Cc1ccc(C(=O)N2CCN(CCN3CCNC3=O)CC2)cc1. The van der Waals surface area contributed by atoms with Gasteiger partial charge in [-0.25, -0.2) is 4.79 Å². The van der Waals surface area contributed by atoms with E-state index >= 15 is 0 Å². The number of carbonyl (C=O) groups excluding carboxylic acids is 2. The van der Waals surface area contributed by atoms with Crippen LogP contribution in [-0.2, 0) is 0 Å². The number of rotatable bonds is 4. The summed E-state index contributed by atoms with van der Waals surface area (Å²) in [7, 11) is 0. The minimum Gasteiger partial charge on any atom is -0.336 e. The second kappa shape index (κ2) is 7.00. The number of nitrogens with one attached hydrogen (secondary N) is 1. The number of hydrogen-bond acceptors (Lipinski definition) is 3. The third-order valence-corrected chi connectivity index (χ3v) is 4.59. The van der Waals surface area contributed by atoms with Crippen molar-refractivity contribution in [1.82, 2.24) is 20.0 Å². The first kappa shape index (κ1) is 15.8. The van der Waals surface area contributed by atoms with E-state index in [1.54, 1.807) is 0 Å². The monoisotopic (exact) mass is 316 g/mol. The van der Waals surface area contributed by atoms with Crippen molar-refractivity contribution in [2.75, 3.05) is 52.4 Å². The van der Waals surface area contributed by atoms with Crippen molar-refractivity contribution in [3.63, 3.8) is 0 Å². The van der Waals surface area contributed by atoms with Crippen molar-refractivity contribution in [3.05, 3.63) is 35.4 Å². The summed E-state index contributed by atoms with van der Waals surface area (Å²) < 4.78 is 0. The quantitative estimate of drug-likeness (QED) is 0.893. The summed E-state index contributed by atoms with van der Waals surface area (Å²) in [5, 5.41) is 2.82. The number of nitrogens with zero attached hydrogens (tertiary/aromatic N) is 3. The van der Waals surface area contributed by atoms with Gasteiger partial charge in [-0.2, -0.15) is 0 Å². The second-order valence-electron chi connectivity index (χ2n) is 6.22. The number of carbonyl (C=O) groups is 2. The number of urea groups is 1. The van der Waals surface area contributed by atoms with Crippen LogP contribution in [0, 0.1) is 6.92 Å². The Morgan fingerprint density at radius 1 is 1.04 bits per heavy atom. The van der Waals surface area contributed by atoms with Gasteiger partial charge in [0.25, 0.3) is 5.91 Å². The van der Waals surface area contributed by atoms with E-state index in [-0.39, 0.29) is 11.9 Å². The molecule has 2 aliphatic rings. The van der Waals surface area contributed by atoms with Gasteiger partial charge in [0.2, 0.25) is 0 Å². The molecule has 0 spiro atoms. The van der Waals surface area contributed by atoms with E-state index in [4.69, 9.17) is 0 Å². The highest BCUT2D eigenvalue weighted by Crippen LogP contribution is 2.10. The van der Waals surface area contributed by atoms with Gasteiger partial charge in [0.05, 0.1) is 0 Å². The lowest BCUT2D eigenvalue weighted by Gasteiger charge is -2.35. The fourth-order valence-corrected chi connectivity index (χ4v) is 3.04. The molecule has 0 atom stereocenters. The Morgan fingerprint density at radius 2 is 1.74 bits per heavy atom. The van der Waals surface area contributed by atoms with E-state index in [2.05, 4.69) is 10.2 Å². The van der Waals surface area contributed by atoms with Crippen LogP contribution in [0.3, 0.4) is 0 Å². The molecule has 2 aliphatic heterocycles. The van der Waals surface area contributed by atoms with E-state index in [1.807, 2.05) is 41.0 Å². The van der Waals surface area contributed by atoms with Gasteiger partial charge in [-0.3, -0.25) is 9.69 Å². The first-order valence-electron chi connectivity index (χ1n) is 8.24. The zero-order chi connectivity index (χ0) is 16.2. The van der Waals surface area contributed by atoms with E-state index < -0.39 is 0 Å². The lowest BCUT2D eigenvalue weighted by atomic mass is 10.1. The van der Waals surface area contributed by atoms with Gasteiger partial charge in [0.1, 0.15) is 0 Å². The van der Waals surface area contributed by atoms with Gasteiger partial charge in [-0.05, 0) is 19.1 Å². The van der Waals surface area contributed by atoms with Gasteiger partial charge in [-0.1, -0.05) is 17.7 Å². The fourth-order valence-electron chi connectivity index (χ4n) is 3.04. The highest BCUT2D eigenvalue weighted by atomic mass is 16.2. The second-order valence-corrected chi connectivity index (χ2v) is 6.22. The molecule has 3 amide bonds. The third kappa shape index (κ3) is 3.82. The molecule has 1 aromatic carbocycles. The summed E-state index contributed by atoms with van der Waals surface area (Å²) >= 11 is 0. The molecule has 124 valence electrons. The van der Waals surface area contributed by atoms with Crippen LogP contribution < -0.4 is 5.32 Å². The fraction of sp³-hybridized carbons (Fsp3) is 0.529. The lowest BCUT2D eigenvalue weighted by molar-refractivity contribution is 0.0630. The normalized spacial score (nSPS) is 19.1. The molecule has 0 aliphatic carbocycles. The Balaban J connectivity index is 1.45. The first-order chi connectivity index (χ1) is 11.1. The third-order valence-electron chi connectivity index (χ3n) is 4.59. The van der Waals surface area contributed by atoms with E-state index in [0.717, 1.165) is 63.5 Å². The maximum atomic E-state index is 12.5. The molecular weight excluding hydrogens is 292 g/mol. The molecule has 2 heterocycles. The molecule has 3 rings (SSSR count). The molecule has 6 nitrogen and oxygen atoms in total. The lowest BCUT2D eigenvalue weighted by Crippen LogP contribution is -2.50. The van der Waals surface area contributed by atoms with Crippen molar-refractivity contribution in [2.45, 2.75) is 6.92 Å². The van der Waals surface area contributed by atoms with Gasteiger partial charge in [0, 0.05) is 57.9 Å². The number of piperazine rings is 1. The smallest absolute Gasteiger partial charge is 0.317 e. The zero-order valence-corrected chi connectivity index (χ0v) is 13.6. The molecule has 1 aromatic rings. The summed E-state index contributed by atoms with van der Waals surface area (Å²) in [4.78, 5) is 30.1. The van der Waals surface area contributed by atoms with Crippen LogP contribution in [0.15, 0.2) is 24.3 Å². The molecule has 23 heavy (non-hydrogen) atoms. The predicted octanol–water partition coefficient (Wildman–Crippen LogP) is 0.778. The summed E-state index contributed by atoms with van der Waals surface area (Å²) in [6.45, 7) is 8.44. The maximum Gasteiger partial charge on any atom is 0.317 e. The average molecular weight is 316 g/mol. The highest BCUT2D eigenvalue weighted by molar-refractivity contribution is 5.94. The predicted molar refractivity (Wildman–Crippen MR) is 88.5 cm³/mol. The van der Waals surface area contributed by atoms with Crippen molar-refractivity contribution >= 4 is 11.9 Å². The molecule has 0 aromatic heterocycles. The van der Waals surface area contributed by atoms with Crippen LogP contribution in [0.2, 0.25) is 0 Å². The standard InChI is InChI=1S/C17H24N4O2/c1-14-2-4-15(5-3-14)16(22)20-11-8-19(9-12-20)10-13-21-7-6-18-17(21)23/h2-5H,6-13H2,1H3,(H,18,23). The van der Waals surface area contributed by atoms with Crippen LogP contribution in [0.25, 0.3) is 0 Å². The van der Waals surface area contributed by atoms with Crippen molar-refractivity contribution in [2.24, 2.45) is 0 Å². The van der Waals surface area contributed by atoms with Crippen molar-refractivity contribution < 1.29 is 9.59 Å². The molecular formula is C17H24N4O2. The number of benzene rings is 1. The molecule has 2 fully saturated rings. The van der Waals surface area contributed by atoms with Crippen LogP contribution in [-0.4, -0.2) is 79.0 Å². The van der Waals surface area contributed by atoms with E-state index in [1.165, 1.54) is 0 Å². The summed E-state index contributed by atoms with van der Waals surface area (Å²) in [5.74, 6) is 0.114. The van der Waals surface area contributed by atoms with Gasteiger partial charge in [0.15, 0.2) is 0 Å².